The molecule has 1 atom stereocenters. The minimum Gasteiger partial charge on any atom is -0.381 e. The molecular weight excluding hydrogens is 463 g/mol. The summed E-state index contributed by atoms with van der Waals surface area (Å²) < 4.78 is 5.51. The van der Waals surface area contributed by atoms with Gasteiger partial charge in [0.05, 0.1) is 6.61 Å². The van der Waals surface area contributed by atoms with E-state index in [4.69, 9.17) is 4.74 Å². The van der Waals surface area contributed by atoms with Crippen LogP contribution in [-0.4, -0.2) is 62.7 Å². The summed E-state index contributed by atoms with van der Waals surface area (Å²) in [7, 11) is 3.99. The highest BCUT2D eigenvalue weighted by Crippen LogP contribution is 2.17. The van der Waals surface area contributed by atoms with Crippen molar-refractivity contribution in [1.29, 1.82) is 0 Å². The van der Waals surface area contributed by atoms with Gasteiger partial charge >= 0.3 is 0 Å². The predicted molar refractivity (Wildman–Crippen MR) is 127 cm³/mol. The highest BCUT2D eigenvalue weighted by Gasteiger charge is 2.19. The average molecular weight is 500 g/mol. The number of nitrogens with zero attached hydrogens (tertiary/aromatic N) is 3. The molecule has 0 saturated carbocycles. The van der Waals surface area contributed by atoms with Gasteiger partial charge in [-0.25, -0.2) is 0 Å². The molecule has 0 bridgehead atoms. The molecule has 0 spiro atoms. The number of hydrogen-bond donors (Lipinski definition) is 1. The molecule has 5 nitrogen and oxygen atoms in total. The summed E-state index contributed by atoms with van der Waals surface area (Å²) in [6.07, 6.45) is 6.59. The molecule has 2 saturated heterocycles. The van der Waals surface area contributed by atoms with Gasteiger partial charge in [0.25, 0.3) is 0 Å². The maximum atomic E-state index is 5.51. The summed E-state index contributed by atoms with van der Waals surface area (Å²) in [6, 6.07) is 8.84. The Bertz CT molecular complexity index is 596. The standard InChI is InChI=1S/C22H36N4O.HI/c1-23-22(25(2)16-19-11-14-27-18-19)24-15-20-9-5-6-10-21(20)17-26-12-7-3-4-8-13-26;/h5-6,9-10,19H,3-4,7-8,11-18H2,1-2H3,(H,23,24);1H. The number of rotatable bonds is 6. The zero-order valence-electron chi connectivity index (χ0n) is 17.5. The van der Waals surface area contributed by atoms with Gasteiger partial charge in [-0.3, -0.25) is 9.89 Å². The lowest BCUT2D eigenvalue weighted by Crippen LogP contribution is -2.41. The molecule has 2 heterocycles. The van der Waals surface area contributed by atoms with Gasteiger partial charge in [0.1, 0.15) is 0 Å². The van der Waals surface area contributed by atoms with Crippen LogP contribution in [0, 0.1) is 5.92 Å². The first-order chi connectivity index (χ1) is 13.3. The molecule has 6 heteroatoms. The van der Waals surface area contributed by atoms with Gasteiger partial charge in [-0.2, -0.15) is 0 Å². The lowest BCUT2D eigenvalue weighted by Gasteiger charge is -2.25. The minimum atomic E-state index is 0. The molecule has 1 unspecified atom stereocenters. The van der Waals surface area contributed by atoms with E-state index in [1.165, 1.54) is 49.9 Å². The Balaban J connectivity index is 0.00000280. The van der Waals surface area contributed by atoms with Gasteiger partial charge in [-0.05, 0) is 43.5 Å². The lowest BCUT2D eigenvalue weighted by atomic mass is 10.1. The Kier molecular flexibility index (Phi) is 10.6. The first-order valence-electron chi connectivity index (χ1n) is 10.5. The second kappa shape index (κ2) is 12.6. The quantitative estimate of drug-likeness (QED) is 0.367. The number of nitrogens with one attached hydrogen (secondary N) is 1. The number of ether oxygens (including phenoxy) is 1. The Labute approximate surface area is 187 Å². The maximum Gasteiger partial charge on any atom is 0.193 e. The van der Waals surface area contributed by atoms with Crippen LogP contribution in [0.3, 0.4) is 0 Å². The van der Waals surface area contributed by atoms with Gasteiger partial charge in [0, 0.05) is 46.3 Å². The van der Waals surface area contributed by atoms with E-state index in [1.807, 2.05) is 7.05 Å². The van der Waals surface area contributed by atoms with Crippen LogP contribution < -0.4 is 5.32 Å². The molecule has 1 aromatic rings. The molecule has 3 rings (SSSR count). The van der Waals surface area contributed by atoms with E-state index in [0.717, 1.165) is 45.2 Å². The number of benzene rings is 1. The van der Waals surface area contributed by atoms with Crippen molar-refractivity contribution in [2.24, 2.45) is 10.9 Å². The van der Waals surface area contributed by atoms with Crippen LogP contribution in [0.1, 0.15) is 43.2 Å². The molecular formula is C22H37IN4O. The van der Waals surface area contributed by atoms with Crippen molar-refractivity contribution in [1.82, 2.24) is 15.1 Å². The lowest BCUT2D eigenvalue weighted by molar-refractivity contribution is 0.181. The summed E-state index contributed by atoms with van der Waals surface area (Å²) in [5.74, 6) is 1.58. The Hall–Kier alpha value is -0.860. The molecule has 1 aromatic carbocycles. The third-order valence-corrected chi connectivity index (χ3v) is 5.78. The third-order valence-electron chi connectivity index (χ3n) is 5.78. The first-order valence-corrected chi connectivity index (χ1v) is 10.5. The van der Waals surface area contributed by atoms with Crippen LogP contribution in [0.2, 0.25) is 0 Å². The second-order valence-corrected chi connectivity index (χ2v) is 7.97. The summed E-state index contributed by atoms with van der Waals surface area (Å²) in [5.41, 5.74) is 2.81. The highest BCUT2D eigenvalue weighted by atomic mass is 127. The highest BCUT2D eigenvalue weighted by molar-refractivity contribution is 14.0. The van der Waals surface area contributed by atoms with E-state index in [2.05, 4.69) is 51.4 Å². The van der Waals surface area contributed by atoms with Crippen LogP contribution in [0.15, 0.2) is 29.3 Å². The molecule has 158 valence electrons. The molecule has 2 fully saturated rings. The van der Waals surface area contributed by atoms with Gasteiger partial charge < -0.3 is 15.0 Å². The fourth-order valence-electron chi connectivity index (χ4n) is 4.18. The number of halogens is 1. The van der Waals surface area contributed by atoms with Crippen molar-refractivity contribution in [2.45, 2.75) is 45.2 Å². The molecule has 28 heavy (non-hydrogen) atoms. The SMILES string of the molecule is CN=C(NCc1ccccc1CN1CCCCCC1)N(C)CC1CCOC1.I. The average Bonchev–Trinajstić information content (AvgIpc) is 3.05. The van der Waals surface area contributed by atoms with Crippen molar-refractivity contribution in [3.05, 3.63) is 35.4 Å². The summed E-state index contributed by atoms with van der Waals surface area (Å²) >= 11 is 0. The minimum absolute atomic E-state index is 0. The van der Waals surface area contributed by atoms with Crippen LogP contribution in [0.5, 0.6) is 0 Å². The summed E-state index contributed by atoms with van der Waals surface area (Å²) in [4.78, 5) is 9.33. The first kappa shape index (κ1) is 23.4. The molecule has 2 aliphatic rings. The topological polar surface area (TPSA) is 40.1 Å². The predicted octanol–water partition coefficient (Wildman–Crippen LogP) is 3.72. The van der Waals surface area contributed by atoms with E-state index in [0.29, 0.717) is 5.92 Å². The Morgan fingerprint density at radius 2 is 1.89 bits per heavy atom. The summed E-state index contributed by atoms with van der Waals surface area (Å²) in [6.45, 7) is 7.11. The van der Waals surface area contributed by atoms with Crippen molar-refractivity contribution < 1.29 is 4.74 Å². The Morgan fingerprint density at radius 1 is 1.18 bits per heavy atom. The summed E-state index contributed by atoms with van der Waals surface area (Å²) in [5, 5.41) is 3.57. The van der Waals surface area contributed by atoms with E-state index < -0.39 is 0 Å². The zero-order valence-corrected chi connectivity index (χ0v) is 19.9. The van der Waals surface area contributed by atoms with Crippen LogP contribution in [-0.2, 0) is 17.8 Å². The largest absolute Gasteiger partial charge is 0.381 e. The number of hydrogen-bond acceptors (Lipinski definition) is 3. The third kappa shape index (κ3) is 7.19. The fraction of sp³-hybridized carbons (Fsp3) is 0.682. The second-order valence-electron chi connectivity index (χ2n) is 7.97. The number of likely N-dealkylation sites (tertiary alicyclic amines) is 1. The maximum absolute atomic E-state index is 5.51. The van der Waals surface area contributed by atoms with E-state index >= 15 is 0 Å². The zero-order chi connectivity index (χ0) is 18.9. The van der Waals surface area contributed by atoms with E-state index in [9.17, 15) is 0 Å². The van der Waals surface area contributed by atoms with Crippen LogP contribution in [0.25, 0.3) is 0 Å². The van der Waals surface area contributed by atoms with Crippen LogP contribution >= 0.6 is 24.0 Å². The van der Waals surface area contributed by atoms with Crippen LogP contribution in [0.4, 0.5) is 0 Å². The van der Waals surface area contributed by atoms with Gasteiger partial charge in [-0.1, -0.05) is 37.1 Å². The molecule has 0 amide bonds. The molecule has 0 radical (unpaired) electrons. The van der Waals surface area contributed by atoms with Crippen molar-refractivity contribution >= 4 is 29.9 Å². The molecule has 0 aromatic heterocycles. The van der Waals surface area contributed by atoms with E-state index in [-0.39, 0.29) is 24.0 Å². The normalized spacial score (nSPS) is 21.1. The number of aliphatic imine (C=N–C) groups is 1. The smallest absolute Gasteiger partial charge is 0.193 e. The van der Waals surface area contributed by atoms with Crippen molar-refractivity contribution in [3.8, 4) is 0 Å². The van der Waals surface area contributed by atoms with Crippen molar-refractivity contribution in [3.63, 3.8) is 0 Å². The van der Waals surface area contributed by atoms with E-state index in [1.54, 1.807) is 0 Å². The monoisotopic (exact) mass is 500 g/mol. The van der Waals surface area contributed by atoms with Crippen molar-refractivity contribution in [2.75, 3.05) is 46.9 Å². The molecule has 1 N–H and O–H groups in total. The van der Waals surface area contributed by atoms with Gasteiger partial charge in [0.2, 0.25) is 0 Å². The fourth-order valence-corrected chi connectivity index (χ4v) is 4.18. The molecule has 0 aliphatic carbocycles. The molecule has 2 aliphatic heterocycles. The van der Waals surface area contributed by atoms with Gasteiger partial charge in [-0.15, -0.1) is 24.0 Å². The number of guanidine groups is 1. The Morgan fingerprint density at radius 3 is 2.54 bits per heavy atom. The van der Waals surface area contributed by atoms with Gasteiger partial charge in [0.15, 0.2) is 5.96 Å².